The van der Waals surface area contributed by atoms with E-state index in [1.165, 1.54) is 0 Å². The van der Waals surface area contributed by atoms with Crippen LogP contribution in [-0.2, 0) is 9.53 Å². The average molecular weight is 300 g/mol. The first-order chi connectivity index (χ1) is 10.0. The van der Waals surface area contributed by atoms with Crippen LogP contribution in [0.25, 0.3) is 0 Å². The Balaban J connectivity index is 2.88. The number of aliphatic carboxylic acids is 1. The van der Waals surface area contributed by atoms with Crippen molar-refractivity contribution in [3.8, 4) is 0 Å². The van der Waals surface area contributed by atoms with E-state index in [9.17, 15) is 9.90 Å². The van der Waals surface area contributed by atoms with Crippen LogP contribution in [0, 0.1) is 0 Å². The van der Waals surface area contributed by atoms with E-state index >= 15 is 0 Å². The van der Waals surface area contributed by atoms with Crippen LogP contribution in [-0.4, -0.2) is 60.9 Å². The molecule has 0 radical (unpaired) electrons. The molecule has 0 aromatic heterocycles. The van der Waals surface area contributed by atoms with E-state index in [0.717, 1.165) is 38.6 Å². The lowest BCUT2D eigenvalue weighted by Gasteiger charge is -2.45. The highest BCUT2D eigenvalue weighted by Gasteiger charge is 2.43. The molecular weight excluding hydrogens is 268 g/mol. The summed E-state index contributed by atoms with van der Waals surface area (Å²) in [7, 11) is 3.49. The van der Waals surface area contributed by atoms with Crippen LogP contribution < -0.4 is 5.32 Å². The number of methoxy groups -OCH3 is 1. The summed E-state index contributed by atoms with van der Waals surface area (Å²) in [5.41, 5.74) is -0.764. The Hall–Kier alpha value is -0.650. The predicted molar refractivity (Wildman–Crippen MR) is 84.6 cm³/mol. The summed E-state index contributed by atoms with van der Waals surface area (Å²) in [5, 5.41) is 12.7. The first kappa shape index (κ1) is 18.4. The maximum atomic E-state index is 11.7. The first-order valence-corrected chi connectivity index (χ1v) is 8.21. The van der Waals surface area contributed by atoms with Gasteiger partial charge in [-0.2, -0.15) is 0 Å². The van der Waals surface area contributed by atoms with Gasteiger partial charge in [-0.3, -0.25) is 9.69 Å². The lowest BCUT2D eigenvalue weighted by molar-refractivity contribution is -0.147. The molecule has 21 heavy (non-hydrogen) atoms. The molecule has 1 aliphatic rings. The van der Waals surface area contributed by atoms with Gasteiger partial charge in [-0.05, 0) is 45.6 Å². The van der Waals surface area contributed by atoms with E-state index in [0.29, 0.717) is 25.1 Å². The topological polar surface area (TPSA) is 61.8 Å². The largest absolute Gasteiger partial charge is 0.480 e. The molecule has 0 amide bonds. The zero-order valence-corrected chi connectivity index (χ0v) is 14.0. The Morgan fingerprint density at radius 3 is 2.62 bits per heavy atom. The van der Waals surface area contributed by atoms with Crippen molar-refractivity contribution >= 4 is 5.97 Å². The van der Waals surface area contributed by atoms with Crippen LogP contribution in [0.2, 0.25) is 0 Å². The minimum Gasteiger partial charge on any atom is -0.480 e. The SMILES string of the molecule is CCC(CC)N(CCOC)C1CCCC(NC)(C(=O)O)C1. The summed E-state index contributed by atoms with van der Waals surface area (Å²) in [6.45, 7) is 6.00. The highest BCUT2D eigenvalue weighted by Crippen LogP contribution is 2.33. The standard InChI is InChI=1S/C16H32N2O3/c1-5-13(6-2)18(10-11-21-4)14-8-7-9-16(12-14,17-3)15(19)20/h13-14,17H,5-12H2,1-4H3,(H,19,20). The van der Waals surface area contributed by atoms with Crippen LogP contribution in [0.4, 0.5) is 0 Å². The van der Waals surface area contributed by atoms with Crippen molar-refractivity contribution in [2.75, 3.05) is 27.3 Å². The molecule has 0 bridgehead atoms. The summed E-state index contributed by atoms with van der Waals surface area (Å²) in [4.78, 5) is 14.2. The fourth-order valence-electron chi connectivity index (χ4n) is 3.67. The number of hydrogen-bond acceptors (Lipinski definition) is 4. The van der Waals surface area contributed by atoms with Crippen LogP contribution in [0.1, 0.15) is 52.4 Å². The molecule has 5 heteroatoms. The number of rotatable bonds is 9. The first-order valence-electron chi connectivity index (χ1n) is 8.21. The average Bonchev–Trinajstić information content (AvgIpc) is 2.51. The number of carbonyl (C=O) groups is 1. The Morgan fingerprint density at radius 2 is 2.14 bits per heavy atom. The summed E-state index contributed by atoms with van der Waals surface area (Å²) in [6, 6.07) is 0.828. The van der Waals surface area contributed by atoms with Crippen LogP contribution in [0.3, 0.4) is 0 Å². The van der Waals surface area contributed by atoms with Gasteiger partial charge in [0.1, 0.15) is 5.54 Å². The molecule has 124 valence electrons. The van der Waals surface area contributed by atoms with E-state index in [1.807, 2.05) is 0 Å². The Morgan fingerprint density at radius 1 is 1.48 bits per heavy atom. The second kappa shape index (κ2) is 8.71. The molecule has 2 atom stereocenters. The quantitative estimate of drug-likeness (QED) is 0.683. The number of ether oxygens (including phenoxy) is 1. The summed E-state index contributed by atoms with van der Waals surface area (Å²) in [6.07, 6.45) is 5.63. The highest BCUT2D eigenvalue weighted by molar-refractivity contribution is 5.79. The van der Waals surface area contributed by atoms with Crippen molar-refractivity contribution in [3.05, 3.63) is 0 Å². The molecule has 2 unspecified atom stereocenters. The zero-order chi connectivity index (χ0) is 15.9. The molecule has 5 nitrogen and oxygen atoms in total. The zero-order valence-electron chi connectivity index (χ0n) is 14.0. The van der Waals surface area contributed by atoms with Gasteiger partial charge >= 0.3 is 5.97 Å². The van der Waals surface area contributed by atoms with Gasteiger partial charge in [0.2, 0.25) is 0 Å². The lowest BCUT2D eigenvalue weighted by atomic mass is 9.78. The third kappa shape index (κ3) is 4.41. The molecule has 0 aromatic carbocycles. The Bertz CT molecular complexity index is 321. The molecule has 0 spiro atoms. The minimum absolute atomic E-state index is 0.322. The molecule has 0 saturated heterocycles. The Kier molecular flexibility index (Phi) is 7.63. The fourth-order valence-corrected chi connectivity index (χ4v) is 3.67. The predicted octanol–water partition coefficient (Wildman–Crippen LogP) is 2.11. The number of likely N-dealkylation sites (N-methyl/N-ethyl adjacent to an activating group) is 1. The van der Waals surface area contributed by atoms with E-state index < -0.39 is 11.5 Å². The van der Waals surface area contributed by atoms with Crippen molar-refractivity contribution in [1.29, 1.82) is 0 Å². The molecule has 0 aliphatic heterocycles. The smallest absolute Gasteiger partial charge is 0.323 e. The molecular formula is C16H32N2O3. The van der Waals surface area contributed by atoms with Gasteiger partial charge in [0.15, 0.2) is 0 Å². The number of nitrogens with zero attached hydrogens (tertiary/aromatic N) is 1. The molecule has 1 fully saturated rings. The Labute approximate surface area is 129 Å². The molecule has 0 aromatic rings. The van der Waals surface area contributed by atoms with E-state index in [-0.39, 0.29) is 0 Å². The van der Waals surface area contributed by atoms with E-state index in [4.69, 9.17) is 4.74 Å². The molecule has 1 rings (SSSR count). The minimum atomic E-state index is -0.764. The molecule has 1 saturated carbocycles. The number of hydrogen-bond donors (Lipinski definition) is 2. The van der Waals surface area contributed by atoms with E-state index in [2.05, 4.69) is 24.1 Å². The van der Waals surface area contributed by atoms with Gasteiger partial charge in [0.05, 0.1) is 6.61 Å². The molecule has 2 N–H and O–H groups in total. The van der Waals surface area contributed by atoms with Crippen LogP contribution in [0.15, 0.2) is 0 Å². The number of carboxylic acids is 1. The van der Waals surface area contributed by atoms with Crippen molar-refractivity contribution in [3.63, 3.8) is 0 Å². The third-order valence-corrected chi connectivity index (χ3v) is 5.05. The number of carboxylic acid groups (broad SMARTS) is 1. The van der Waals surface area contributed by atoms with E-state index in [1.54, 1.807) is 14.2 Å². The van der Waals surface area contributed by atoms with Gasteiger partial charge in [-0.15, -0.1) is 0 Å². The number of nitrogens with one attached hydrogen (secondary N) is 1. The second-order valence-corrected chi connectivity index (χ2v) is 6.09. The van der Waals surface area contributed by atoms with Gasteiger partial charge in [0, 0.05) is 25.7 Å². The second-order valence-electron chi connectivity index (χ2n) is 6.09. The monoisotopic (exact) mass is 300 g/mol. The van der Waals surface area contributed by atoms with Gasteiger partial charge in [0.25, 0.3) is 0 Å². The van der Waals surface area contributed by atoms with Crippen molar-refractivity contribution in [2.45, 2.75) is 70.0 Å². The maximum Gasteiger partial charge on any atom is 0.323 e. The van der Waals surface area contributed by atoms with Crippen molar-refractivity contribution in [1.82, 2.24) is 10.2 Å². The normalized spacial score (nSPS) is 26.5. The summed E-state index contributed by atoms with van der Waals surface area (Å²) < 4.78 is 5.25. The van der Waals surface area contributed by atoms with Crippen molar-refractivity contribution < 1.29 is 14.6 Å². The summed E-state index contributed by atoms with van der Waals surface area (Å²) >= 11 is 0. The lowest BCUT2D eigenvalue weighted by Crippen LogP contribution is -2.58. The van der Waals surface area contributed by atoms with Crippen LogP contribution >= 0.6 is 0 Å². The third-order valence-electron chi connectivity index (χ3n) is 5.05. The van der Waals surface area contributed by atoms with Gasteiger partial charge < -0.3 is 15.2 Å². The fraction of sp³-hybridized carbons (Fsp3) is 0.938. The van der Waals surface area contributed by atoms with Crippen molar-refractivity contribution in [2.24, 2.45) is 0 Å². The van der Waals surface area contributed by atoms with Gasteiger partial charge in [-0.1, -0.05) is 13.8 Å². The molecule has 1 aliphatic carbocycles. The summed E-state index contributed by atoms with van der Waals surface area (Å²) in [5.74, 6) is -0.717. The van der Waals surface area contributed by atoms with Crippen LogP contribution in [0.5, 0.6) is 0 Å². The highest BCUT2D eigenvalue weighted by atomic mass is 16.5. The van der Waals surface area contributed by atoms with Gasteiger partial charge in [-0.25, -0.2) is 0 Å². The molecule has 0 heterocycles. The maximum absolute atomic E-state index is 11.7.